The molecule has 0 amide bonds. The molecule has 1 rings (SSSR count). The van der Waals surface area contributed by atoms with Crippen molar-refractivity contribution in [3.8, 4) is 0 Å². The first-order valence-electron chi connectivity index (χ1n) is 4.98. The zero-order valence-corrected chi connectivity index (χ0v) is 11.0. The second-order valence-electron chi connectivity index (χ2n) is 3.89. The maximum atomic E-state index is 6.07. The van der Waals surface area contributed by atoms with Crippen LogP contribution in [0.4, 0.5) is 0 Å². The van der Waals surface area contributed by atoms with Crippen LogP contribution in [0, 0.1) is 5.92 Å². The van der Waals surface area contributed by atoms with Crippen molar-refractivity contribution in [2.24, 2.45) is 5.92 Å². The molecule has 1 unspecified atom stereocenters. The minimum absolute atomic E-state index is 0.582. The Labute approximate surface area is 99.8 Å². The minimum atomic E-state index is 0.582. The molecular weight excluding hydrogens is 259 g/mol. The second-order valence-corrected chi connectivity index (χ2v) is 5.47. The fourth-order valence-corrected chi connectivity index (χ4v) is 1.79. The van der Waals surface area contributed by atoms with Crippen molar-refractivity contribution in [1.82, 2.24) is 0 Å². The molecule has 0 saturated carbocycles. The van der Waals surface area contributed by atoms with Crippen molar-refractivity contribution in [2.75, 3.05) is 0 Å². The Balaban J connectivity index is 2.50. The van der Waals surface area contributed by atoms with E-state index in [0.29, 0.717) is 10.7 Å². The predicted molar refractivity (Wildman–Crippen MR) is 67.3 cm³/mol. The van der Waals surface area contributed by atoms with Crippen molar-refractivity contribution in [3.05, 3.63) is 34.9 Å². The van der Waals surface area contributed by atoms with E-state index in [4.69, 9.17) is 11.6 Å². The highest BCUT2D eigenvalue weighted by Gasteiger charge is 2.09. The van der Waals surface area contributed by atoms with Crippen LogP contribution in [-0.4, -0.2) is 4.83 Å². The summed E-state index contributed by atoms with van der Waals surface area (Å²) in [5.74, 6) is 0.678. The Morgan fingerprint density at radius 3 is 2.50 bits per heavy atom. The number of aryl methyl sites for hydroxylation is 1. The fourth-order valence-electron chi connectivity index (χ4n) is 1.33. The van der Waals surface area contributed by atoms with Gasteiger partial charge in [-0.05, 0) is 30.4 Å². The number of benzene rings is 1. The summed E-state index contributed by atoms with van der Waals surface area (Å²) in [5, 5.41) is 0.885. The lowest BCUT2D eigenvalue weighted by Crippen LogP contribution is -2.08. The van der Waals surface area contributed by atoms with Crippen molar-refractivity contribution in [1.29, 1.82) is 0 Å². The Morgan fingerprint density at radius 1 is 1.29 bits per heavy atom. The maximum absolute atomic E-state index is 6.07. The van der Waals surface area contributed by atoms with E-state index in [1.165, 1.54) is 5.56 Å². The SMILES string of the molecule is CC(C)C(Br)CCc1ccccc1Cl. The van der Waals surface area contributed by atoms with Crippen LogP contribution in [-0.2, 0) is 6.42 Å². The molecule has 0 bridgehead atoms. The van der Waals surface area contributed by atoms with Gasteiger partial charge >= 0.3 is 0 Å². The number of hydrogen-bond acceptors (Lipinski definition) is 0. The molecule has 1 atom stereocenters. The topological polar surface area (TPSA) is 0 Å². The zero-order valence-electron chi connectivity index (χ0n) is 8.63. The molecule has 0 aliphatic rings. The van der Waals surface area contributed by atoms with Crippen molar-refractivity contribution in [2.45, 2.75) is 31.5 Å². The van der Waals surface area contributed by atoms with E-state index in [0.717, 1.165) is 17.9 Å². The smallest absolute Gasteiger partial charge is 0.0437 e. The number of hydrogen-bond donors (Lipinski definition) is 0. The molecule has 78 valence electrons. The standard InChI is InChI=1S/C12H16BrCl/c1-9(2)11(13)8-7-10-5-3-4-6-12(10)14/h3-6,9,11H,7-8H2,1-2H3. The Kier molecular flexibility index (Phi) is 4.97. The summed E-state index contributed by atoms with van der Waals surface area (Å²) < 4.78 is 0. The van der Waals surface area contributed by atoms with E-state index in [1.54, 1.807) is 0 Å². The number of halogens is 2. The Hall–Kier alpha value is -0.0100. The molecule has 14 heavy (non-hydrogen) atoms. The van der Waals surface area contributed by atoms with E-state index in [9.17, 15) is 0 Å². The zero-order chi connectivity index (χ0) is 10.6. The first kappa shape index (κ1) is 12.1. The lowest BCUT2D eigenvalue weighted by Gasteiger charge is -2.13. The molecule has 0 aliphatic heterocycles. The van der Waals surface area contributed by atoms with Gasteiger partial charge in [0.05, 0.1) is 0 Å². The Morgan fingerprint density at radius 2 is 1.93 bits per heavy atom. The molecule has 2 heteroatoms. The molecule has 0 saturated heterocycles. The molecule has 0 fully saturated rings. The van der Waals surface area contributed by atoms with Crippen LogP contribution in [0.3, 0.4) is 0 Å². The van der Waals surface area contributed by atoms with Crippen LogP contribution in [0.5, 0.6) is 0 Å². The third kappa shape index (κ3) is 3.62. The molecule has 0 N–H and O–H groups in total. The average molecular weight is 276 g/mol. The summed E-state index contributed by atoms with van der Waals surface area (Å²) in [4.78, 5) is 0.582. The summed E-state index contributed by atoms with van der Waals surface area (Å²) in [5.41, 5.74) is 1.25. The van der Waals surface area contributed by atoms with E-state index < -0.39 is 0 Å². The summed E-state index contributed by atoms with van der Waals surface area (Å²) >= 11 is 9.75. The summed E-state index contributed by atoms with van der Waals surface area (Å²) in [7, 11) is 0. The van der Waals surface area contributed by atoms with Crippen LogP contribution >= 0.6 is 27.5 Å². The van der Waals surface area contributed by atoms with Gasteiger partial charge in [-0.25, -0.2) is 0 Å². The first-order chi connectivity index (χ1) is 6.61. The van der Waals surface area contributed by atoms with E-state index in [-0.39, 0.29) is 0 Å². The molecule has 0 radical (unpaired) electrons. The van der Waals surface area contributed by atoms with Gasteiger partial charge in [0.15, 0.2) is 0 Å². The number of alkyl halides is 1. The summed E-state index contributed by atoms with van der Waals surface area (Å²) in [6.45, 7) is 4.46. The van der Waals surface area contributed by atoms with Gasteiger partial charge in [-0.2, -0.15) is 0 Å². The monoisotopic (exact) mass is 274 g/mol. The molecule has 0 spiro atoms. The summed E-state index contributed by atoms with van der Waals surface area (Å²) in [6.07, 6.45) is 2.19. The van der Waals surface area contributed by atoms with Gasteiger partial charge in [0.25, 0.3) is 0 Å². The quantitative estimate of drug-likeness (QED) is 0.699. The third-order valence-electron chi connectivity index (χ3n) is 2.37. The van der Waals surface area contributed by atoms with E-state index in [2.05, 4.69) is 35.8 Å². The van der Waals surface area contributed by atoms with Gasteiger partial charge in [-0.3, -0.25) is 0 Å². The highest BCUT2D eigenvalue weighted by molar-refractivity contribution is 9.09. The molecule has 0 nitrogen and oxygen atoms in total. The normalized spacial score (nSPS) is 13.2. The van der Waals surface area contributed by atoms with Crippen molar-refractivity contribution >= 4 is 27.5 Å². The lowest BCUT2D eigenvalue weighted by molar-refractivity contribution is 0.582. The van der Waals surface area contributed by atoms with E-state index in [1.807, 2.05) is 18.2 Å². The second kappa shape index (κ2) is 5.77. The predicted octanol–water partition coefficient (Wildman–Crippen LogP) is 4.69. The fraction of sp³-hybridized carbons (Fsp3) is 0.500. The van der Waals surface area contributed by atoms with Gasteiger partial charge < -0.3 is 0 Å². The maximum Gasteiger partial charge on any atom is 0.0437 e. The van der Waals surface area contributed by atoms with Gasteiger partial charge in [0.1, 0.15) is 0 Å². The largest absolute Gasteiger partial charge is 0.0888 e. The average Bonchev–Trinajstić information content (AvgIpc) is 2.16. The summed E-state index contributed by atoms with van der Waals surface area (Å²) in [6, 6.07) is 8.07. The highest BCUT2D eigenvalue weighted by atomic mass is 79.9. The molecule has 0 aromatic heterocycles. The first-order valence-corrected chi connectivity index (χ1v) is 6.28. The number of rotatable bonds is 4. The molecule has 0 heterocycles. The Bertz CT molecular complexity index is 283. The van der Waals surface area contributed by atoms with Crippen LogP contribution < -0.4 is 0 Å². The van der Waals surface area contributed by atoms with Crippen molar-refractivity contribution < 1.29 is 0 Å². The van der Waals surface area contributed by atoms with Gasteiger partial charge in [0, 0.05) is 9.85 Å². The van der Waals surface area contributed by atoms with Crippen LogP contribution in [0.2, 0.25) is 5.02 Å². The minimum Gasteiger partial charge on any atom is -0.0888 e. The van der Waals surface area contributed by atoms with Gasteiger partial charge in [0.2, 0.25) is 0 Å². The molecular formula is C12H16BrCl. The van der Waals surface area contributed by atoms with Crippen LogP contribution in [0.25, 0.3) is 0 Å². The highest BCUT2D eigenvalue weighted by Crippen LogP contribution is 2.22. The molecule has 1 aromatic rings. The molecule has 0 aliphatic carbocycles. The third-order valence-corrected chi connectivity index (χ3v) is 4.25. The van der Waals surface area contributed by atoms with Gasteiger partial charge in [-0.1, -0.05) is 59.6 Å². The van der Waals surface area contributed by atoms with Gasteiger partial charge in [-0.15, -0.1) is 0 Å². The van der Waals surface area contributed by atoms with Crippen LogP contribution in [0.15, 0.2) is 24.3 Å². The lowest BCUT2D eigenvalue weighted by atomic mass is 10.0. The molecule has 1 aromatic carbocycles. The van der Waals surface area contributed by atoms with Crippen molar-refractivity contribution in [3.63, 3.8) is 0 Å². The van der Waals surface area contributed by atoms with Crippen LogP contribution in [0.1, 0.15) is 25.8 Å². The van der Waals surface area contributed by atoms with E-state index >= 15 is 0 Å².